The van der Waals surface area contributed by atoms with Crippen LogP contribution >= 0.6 is 0 Å². The molecule has 0 N–H and O–H groups in total. The SMILES string of the molecule is c1ccc2c(c1)n1c[n+]2CCCn2c[n+](c3ccccc32)CCC[n+]2cn(c3ccccc32)CCC[n+]2cn(c3ccccc32)CCC1. The molecule has 0 amide bonds. The van der Waals surface area contributed by atoms with Crippen molar-refractivity contribution in [2.75, 3.05) is 0 Å². The first-order chi connectivity index (χ1) is 23.8. The largest absolute Gasteiger partial charge is 0.244 e. The molecule has 240 valence electrons. The molecule has 0 aliphatic carbocycles. The fourth-order valence-electron chi connectivity index (χ4n) is 8.04. The first kappa shape index (κ1) is 28.9. The number of hydrogen-bond acceptors (Lipinski definition) is 0. The molecule has 8 nitrogen and oxygen atoms in total. The van der Waals surface area contributed by atoms with Gasteiger partial charge in [0.15, 0.2) is 44.1 Å². The molecule has 9 rings (SSSR count). The van der Waals surface area contributed by atoms with E-state index in [2.05, 4.69) is 159 Å². The minimum Gasteiger partial charge on any atom is -0.230 e. The standard InChI is InChI=1S/C40H44N8/c1-2-14-34-33(13-1)41-21-9-23-43-30-45(36-16-4-3-15-35(36)43)25-11-27-47-32-48(40-20-8-7-19-39(40)47)28-12-26-46-31-44(24-10-22-42(34)29-41)37-17-5-6-18-38(37)46/h1-8,13-20,29-32H,9-12,21-28H2/q+4. The Balaban J connectivity index is 1.06. The number of fused-ring (bicyclic) bond motifs is 20. The van der Waals surface area contributed by atoms with Gasteiger partial charge in [-0.2, -0.15) is 0 Å². The summed E-state index contributed by atoms with van der Waals surface area (Å²) in [5, 5.41) is 0. The second-order valence-corrected chi connectivity index (χ2v) is 13.4. The molecule has 8 bridgehead atoms. The van der Waals surface area contributed by atoms with Gasteiger partial charge in [-0.15, -0.1) is 0 Å². The van der Waals surface area contributed by atoms with Crippen molar-refractivity contribution in [3.8, 4) is 0 Å². The Morgan fingerprint density at radius 3 is 0.917 bits per heavy atom. The summed E-state index contributed by atoms with van der Waals surface area (Å²) < 4.78 is 19.7. The fourth-order valence-corrected chi connectivity index (χ4v) is 8.04. The molecule has 0 saturated heterocycles. The van der Waals surface area contributed by atoms with Gasteiger partial charge in [0.05, 0.1) is 52.4 Å². The molecular weight excluding hydrogens is 592 g/mol. The van der Waals surface area contributed by atoms with Crippen LogP contribution in [-0.4, -0.2) is 18.3 Å². The maximum atomic E-state index is 2.46. The zero-order chi connectivity index (χ0) is 31.9. The van der Waals surface area contributed by atoms with Gasteiger partial charge < -0.3 is 0 Å². The Kier molecular flexibility index (Phi) is 7.48. The van der Waals surface area contributed by atoms with Crippen LogP contribution in [0, 0.1) is 0 Å². The van der Waals surface area contributed by atoms with Crippen LogP contribution in [0.5, 0.6) is 0 Å². The lowest BCUT2D eigenvalue weighted by Crippen LogP contribution is -2.38. The lowest BCUT2D eigenvalue weighted by Gasteiger charge is -1.99. The van der Waals surface area contributed by atoms with Crippen molar-refractivity contribution in [3.05, 3.63) is 122 Å². The summed E-state index contributed by atoms with van der Waals surface area (Å²) >= 11 is 0. The highest BCUT2D eigenvalue weighted by molar-refractivity contribution is 5.73. The molecule has 0 unspecified atom stereocenters. The second kappa shape index (κ2) is 12.4. The van der Waals surface area contributed by atoms with Gasteiger partial charge in [-0.1, -0.05) is 48.5 Å². The van der Waals surface area contributed by atoms with Crippen molar-refractivity contribution < 1.29 is 18.3 Å². The molecule has 0 atom stereocenters. The zero-order valence-electron chi connectivity index (χ0n) is 27.6. The van der Waals surface area contributed by atoms with Crippen molar-refractivity contribution in [1.82, 2.24) is 18.3 Å². The fraction of sp³-hybridized carbons (Fsp3) is 0.300. The molecule has 0 radical (unpaired) electrons. The van der Waals surface area contributed by atoms with Crippen LogP contribution in [0.2, 0.25) is 0 Å². The third kappa shape index (κ3) is 5.25. The predicted octanol–water partition coefficient (Wildman–Crippen LogP) is 5.33. The van der Waals surface area contributed by atoms with Crippen molar-refractivity contribution in [3.63, 3.8) is 0 Å². The monoisotopic (exact) mass is 636 g/mol. The summed E-state index contributed by atoms with van der Waals surface area (Å²) in [6.07, 6.45) is 13.7. The van der Waals surface area contributed by atoms with Crippen LogP contribution in [0.25, 0.3) is 44.1 Å². The topological polar surface area (TPSA) is 35.2 Å². The van der Waals surface area contributed by atoms with Crippen LogP contribution in [0.1, 0.15) is 25.7 Å². The summed E-state index contributed by atoms with van der Waals surface area (Å²) in [6, 6.07) is 35.5. The number of para-hydroxylation sites is 8. The zero-order valence-corrected chi connectivity index (χ0v) is 27.6. The van der Waals surface area contributed by atoms with Crippen molar-refractivity contribution in [2.45, 2.75) is 78.0 Å². The van der Waals surface area contributed by atoms with Crippen molar-refractivity contribution in [2.24, 2.45) is 0 Å². The maximum absolute atomic E-state index is 2.46. The van der Waals surface area contributed by atoms with Crippen molar-refractivity contribution in [1.29, 1.82) is 0 Å². The smallest absolute Gasteiger partial charge is 0.230 e. The number of aryl methyl sites for hydroxylation is 8. The van der Waals surface area contributed by atoms with Crippen LogP contribution in [0.4, 0.5) is 0 Å². The molecule has 4 aromatic heterocycles. The molecular formula is C40H44N8+4. The number of nitrogens with zero attached hydrogens (tertiary/aromatic N) is 8. The number of benzene rings is 4. The summed E-state index contributed by atoms with van der Waals surface area (Å²) in [4.78, 5) is 0. The third-order valence-electron chi connectivity index (χ3n) is 10.3. The van der Waals surface area contributed by atoms with Gasteiger partial charge in [0.25, 0.3) is 0 Å². The van der Waals surface area contributed by atoms with E-state index >= 15 is 0 Å². The Hall–Kier alpha value is -5.24. The average molecular weight is 637 g/mol. The molecule has 1 aliphatic rings. The van der Waals surface area contributed by atoms with E-state index in [4.69, 9.17) is 0 Å². The highest BCUT2D eigenvalue weighted by Crippen LogP contribution is 2.17. The van der Waals surface area contributed by atoms with E-state index in [0.29, 0.717) is 0 Å². The van der Waals surface area contributed by atoms with E-state index in [1.807, 2.05) is 0 Å². The van der Waals surface area contributed by atoms with Gasteiger partial charge in [0, 0.05) is 25.7 Å². The molecule has 48 heavy (non-hydrogen) atoms. The lowest BCUT2D eigenvalue weighted by atomic mass is 10.3. The Bertz CT molecular complexity index is 1900. The predicted molar refractivity (Wildman–Crippen MR) is 187 cm³/mol. The van der Waals surface area contributed by atoms with Crippen LogP contribution in [0.3, 0.4) is 0 Å². The molecule has 0 saturated carbocycles. The highest BCUT2D eigenvalue weighted by Gasteiger charge is 2.21. The van der Waals surface area contributed by atoms with Crippen LogP contribution in [-0.2, 0) is 52.4 Å². The second-order valence-electron chi connectivity index (χ2n) is 13.4. The van der Waals surface area contributed by atoms with E-state index in [9.17, 15) is 0 Å². The Morgan fingerprint density at radius 2 is 0.583 bits per heavy atom. The summed E-state index contributed by atoms with van der Waals surface area (Å²) in [5.74, 6) is 0. The molecule has 0 fully saturated rings. The van der Waals surface area contributed by atoms with E-state index in [1.54, 1.807) is 0 Å². The molecule has 1 aliphatic heterocycles. The summed E-state index contributed by atoms with van der Waals surface area (Å²) in [5.41, 5.74) is 10.5. The van der Waals surface area contributed by atoms with Gasteiger partial charge in [-0.3, -0.25) is 0 Å². The minimum absolute atomic E-state index is 0.989. The van der Waals surface area contributed by atoms with E-state index in [-0.39, 0.29) is 0 Å². The first-order valence-corrected chi connectivity index (χ1v) is 17.7. The van der Waals surface area contributed by atoms with E-state index in [1.165, 1.54) is 44.1 Å². The molecule has 0 spiro atoms. The van der Waals surface area contributed by atoms with Crippen molar-refractivity contribution >= 4 is 44.1 Å². The quantitative estimate of drug-likeness (QED) is 0.202. The van der Waals surface area contributed by atoms with Gasteiger partial charge in [0.2, 0.25) is 25.3 Å². The van der Waals surface area contributed by atoms with E-state index < -0.39 is 0 Å². The summed E-state index contributed by atoms with van der Waals surface area (Å²) in [6.45, 7) is 7.91. The lowest BCUT2D eigenvalue weighted by molar-refractivity contribution is -0.703. The maximum Gasteiger partial charge on any atom is 0.244 e. The number of rotatable bonds is 0. The molecule has 4 aromatic carbocycles. The molecule has 8 heteroatoms. The van der Waals surface area contributed by atoms with Crippen LogP contribution in [0.15, 0.2) is 122 Å². The Morgan fingerprint density at radius 1 is 0.312 bits per heavy atom. The number of imidazole rings is 4. The van der Waals surface area contributed by atoms with Gasteiger partial charge in [-0.25, -0.2) is 36.5 Å². The third-order valence-corrected chi connectivity index (χ3v) is 10.3. The molecule has 8 aromatic rings. The minimum atomic E-state index is 0.989. The van der Waals surface area contributed by atoms with Gasteiger partial charge in [-0.05, 0) is 48.5 Å². The number of hydrogen-bond donors (Lipinski definition) is 0. The van der Waals surface area contributed by atoms with Gasteiger partial charge in [0.1, 0.15) is 0 Å². The number of aromatic nitrogens is 8. The molecule has 5 heterocycles. The van der Waals surface area contributed by atoms with E-state index in [0.717, 1.165) is 78.0 Å². The normalized spacial score (nSPS) is 15.3. The highest BCUT2D eigenvalue weighted by atomic mass is 15.2. The van der Waals surface area contributed by atoms with Gasteiger partial charge >= 0.3 is 0 Å². The first-order valence-electron chi connectivity index (χ1n) is 17.7. The average Bonchev–Trinajstić information content (AvgIpc) is 3.87. The Labute approximate surface area is 280 Å². The van der Waals surface area contributed by atoms with Crippen LogP contribution < -0.4 is 18.3 Å². The summed E-state index contributed by atoms with van der Waals surface area (Å²) in [7, 11) is 0.